The summed E-state index contributed by atoms with van der Waals surface area (Å²) in [4.78, 5) is 36.1. The molecule has 0 spiro atoms. The van der Waals surface area contributed by atoms with Gasteiger partial charge in [-0.1, -0.05) is 36.4 Å². The number of rotatable bonds is 13. The maximum absolute atomic E-state index is 13.1. The highest BCUT2D eigenvalue weighted by Gasteiger charge is 2.22. The SMILES string of the molecule is Cc1ccc(OCCC2CCCNC2)cc1CNC(=O)C(Cc1ccccc1)NC(=O)CCC(=O)O. The quantitative estimate of drug-likeness (QED) is 0.340. The number of piperidine rings is 1. The first-order chi connectivity index (χ1) is 17.4. The number of aryl methyl sites for hydroxylation is 1. The Morgan fingerprint density at radius 3 is 2.67 bits per heavy atom. The molecule has 1 heterocycles. The van der Waals surface area contributed by atoms with Gasteiger partial charge in [-0.25, -0.2) is 0 Å². The van der Waals surface area contributed by atoms with Crippen molar-refractivity contribution >= 4 is 17.8 Å². The van der Waals surface area contributed by atoms with Gasteiger partial charge in [0.05, 0.1) is 13.0 Å². The molecule has 2 atom stereocenters. The van der Waals surface area contributed by atoms with E-state index in [1.54, 1.807) is 0 Å². The van der Waals surface area contributed by atoms with E-state index in [0.717, 1.165) is 42.0 Å². The van der Waals surface area contributed by atoms with E-state index in [1.165, 1.54) is 12.8 Å². The fourth-order valence-electron chi connectivity index (χ4n) is 4.29. The molecule has 2 unspecified atom stereocenters. The molecule has 4 N–H and O–H groups in total. The van der Waals surface area contributed by atoms with Crippen LogP contribution in [0.4, 0.5) is 0 Å². The summed E-state index contributed by atoms with van der Waals surface area (Å²) < 4.78 is 5.99. The number of aliphatic carboxylic acids is 1. The number of carbonyl (C=O) groups is 3. The zero-order valence-corrected chi connectivity index (χ0v) is 20.9. The Balaban J connectivity index is 1.57. The van der Waals surface area contributed by atoms with Gasteiger partial charge in [-0.15, -0.1) is 0 Å². The highest BCUT2D eigenvalue weighted by molar-refractivity contribution is 5.88. The molecular formula is C28H37N3O5. The van der Waals surface area contributed by atoms with Gasteiger partial charge in [-0.05, 0) is 74.0 Å². The minimum atomic E-state index is -1.05. The molecular weight excluding hydrogens is 458 g/mol. The average molecular weight is 496 g/mol. The zero-order valence-electron chi connectivity index (χ0n) is 20.9. The topological polar surface area (TPSA) is 117 Å². The molecule has 2 aromatic rings. The van der Waals surface area contributed by atoms with Crippen molar-refractivity contribution in [1.29, 1.82) is 0 Å². The number of carboxylic acid groups (broad SMARTS) is 1. The molecule has 3 rings (SSSR count). The second-order valence-corrected chi connectivity index (χ2v) is 9.36. The van der Waals surface area contributed by atoms with Gasteiger partial charge in [0, 0.05) is 19.4 Å². The summed E-state index contributed by atoms with van der Waals surface area (Å²) >= 11 is 0. The lowest BCUT2D eigenvalue weighted by molar-refractivity contribution is -0.139. The fourth-order valence-corrected chi connectivity index (χ4v) is 4.29. The van der Waals surface area contributed by atoms with Gasteiger partial charge in [0.25, 0.3) is 0 Å². The molecule has 1 fully saturated rings. The van der Waals surface area contributed by atoms with Crippen LogP contribution in [-0.2, 0) is 27.3 Å². The normalized spacial score (nSPS) is 16.1. The number of carbonyl (C=O) groups excluding carboxylic acids is 2. The Morgan fingerprint density at radius 1 is 1.14 bits per heavy atom. The van der Waals surface area contributed by atoms with Gasteiger partial charge in [0.2, 0.25) is 11.8 Å². The van der Waals surface area contributed by atoms with Gasteiger partial charge >= 0.3 is 5.97 Å². The Bertz CT molecular complexity index is 1010. The number of carboxylic acids is 1. The van der Waals surface area contributed by atoms with E-state index < -0.39 is 17.9 Å². The summed E-state index contributed by atoms with van der Waals surface area (Å²) in [6, 6.07) is 14.5. The van der Waals surface area contributed by atoms with E-state index in [-0.39, 0.29) is 18.7 Å². The predicted molar refractivity (Wildman–Crippen MR) is 138 cm³/mol. The number of hydrogen-bond donors (Lipinski definition) is 4. The number of benzene rings is 2. The lowest BCUT2D eigenvalue weighted by Gasteiger charge is -2.22. The smallest absolute Gasteiger partial charge is 0.303 e. The minimum absolute atomic E-state index is 0.177. The van der Waals surface area contributed by atoms with Gasteiger partial charge in [-0.3, -0.25) is 14.4 Å². The monoisotopic (exact) mass is 495 g/mol. The van der Waals surface area contributed by atoms with Crippen LogP contribution in [0, 0.1) is 12.8 Å². The molecule has 2 amide bonds. The van der Waals surface area contributed by atoms with Crippen molar-refractivity contribution in [2.24, 2.45) is 5.92 Å². The van der Waals surface area contributed by atoms with Crippen LogP contribution in [0.5, 0.6) is 5.75 Å². The van der Waals surface area contributed by atoms with Crippen LogP contribution < -0.4 is 20.7 Å². The van der Waals surface area contributed by atoms with Crippen molar-refractivity contribution in [3.8, 4) is 5.75 Å². The molecule has 0 aliphatic carbocycles. The van der Waals surface area contributed by atoms with Gasteiger partial charge < -0.3 is 25.8 Å². The van der Waals surface area contributed by atoms with Crippen LogP contribution in [-0.4, -0.2) is 48.6 Å². The first-order valence-corrected chi connectivity index (χ1v) is 12.7. The Morgan fingerprint density at radius 2 is 1.94 bits per heavy atom. The highest BCUT2D eigenvalue weighted by Crippen LogP contribution is 2.20. The molecule has 0 saturated carbocycles. The summed E-state index contributed by atoms with van der Waals surface area (Å²) in [6.45, 7) is 5.08. The standard InChI is InChI=1S/C28H37N3O5/c1-20-9-10-24(36-15-13-22-8-5-14-29-18-22)17-23(20)19-30-28(35)25(16-21-6-3-2-4-7-21)31-26(32)11-12-27(33)34/h2-4,6-7,9-10,17,22,25,29H,5,8,11-16,18-19H2,1H3,(H,30,35)(H,31,32)(H,33,34). The lowest BCUT2D eigenvalue weighted by Crippen LogP contribution is -2.47. The molecule has 8 nitrogen and oxygen atoms in total. The molecule has 1 aliphatic rings. The van der Waals surface area contributed by atoms with Gasteiger partial charge in [0.15, 0.2) is 0 Å². The predicted octanol–water partition coefficient (Wildman–Crippen LogP) is 2.97. The third-order valence-electron chi connectivity index (χ3n) is 6.47. The lowest BCUT2D eigenvalue weighted by atomic mass is 9.97. The molecule has 8 heteroatoms. The van der Waals surface area contributed by atoms with E-state index in [1.807, 2.05) is 55.5 Å². The van der Waals surface area contributed by atoms with E-state index in [0.29, 0.717) is 25.5 Å². The summed E-state index contributed by atoms with van der Waals surface area (Å²) in [7, 11) is 0. The third-order valence-corrected chi connectivity index (χ3v) is 6.47. The van der Waals surface area contributed by atoms with Crippen LogP contribution in [0.1, 0.15) is 48.8 Å². The van der Waals surface area contributed by atoms with Gasteiger partial charge in [-0.2, -0.15) is 0 Å². The first kappa shape index (κ1) is 27.2. The van der Waals surface area contributed by atoms with Crippen LogP contribution in [0.2, 0.25) is 0 Å². The van der Waals surface area contributed by atoms with Crippen molar-refractivity contribution in [3.63, 3.8) is 0 Å². The van der Waals surface area contributed by atoms with Crippen LogP contribution in [0.15, 0.2) is 48.5 Å². The van der Waals surface area contributed by atoms with Crippen LogP contribution in [0.25, 0.3) is 0 Å². The van der Waals surface area contributed by atoms with Crippen LogP contribution >= 0.6 is 0 Å². The van der Waals surface area contributed by atoms with Crippen molar-refractivity contribution in [3.05, 3.63) is 65.2 Å². The minimum Gasteiger partial charge on any atom is -0.494 e. The molecule has 0 radical (unpaired) electrons. The van der Waals surface area contributed by atoms with Crippen LogP contribution in [0.3, 0.4) is 0 Å². The number of hydrogen-bond acceptors (Lipinski definition) is 5. The molecule has 0 bridgehead atoms. The fraction of sp³-hybridized carbons (Fsp3) is 0.464. The molecule has 1 saturated heterocycles. The summed E-state index contributed by atoms with van der Waals surface area (Å²) in [6.07, 6.45) is 3.31. The molecule has 0 aromatic heterocycles. The van der Waals surface area contributed by atoms with Crippen molar-refractivity contribution in [2.75, 3.05) is 19.7 Å². The van der Waals surface area contributed by atoms with E-state index in [4.69, 9.17) is 9.84 Å². The summed E-state index contributed by atoms with van der Waals surface area (Å²) in [5, 5.41) is 17.9. The van der Waals surface area contributed by atoms with E-state index in [9.17, 15) is 14.4 Å². The van der Waals surface area contributed by atoms with Crippen molar-refractivity contribution in [1.82, 2.24) is 16.0 Å². The molecule has 2 aromatic carbocycles. The summed E-state index contributed by atoms with van der Waals surface area (Å²) in [5.74, 6) is -0.417. The maximum Gasteiger partial charge on any atom is 0.303 e. The Kier molecular flexibility index (Phi) is 10.8. The number of ether oxygens (including phenoxy) is 1. The van der Waals surface area contributed by atoms with E-state index in [2.05, 4.69) is 16.0 Å². The third kappa shape index (κ3) is 9.34. The van der Waals surface area contributed by atoms with Crippen molar-refractivity contribution in [2.45, 2.75) is 58.0 Å². The highest BCUT2D eigenvalue weighted by atomic mass is 16.5. The second-order valence-electron chi connectivity index (χ2n) is 9.36. The zero-order chi connectivity index (χ0) is 25.8. The largest absolute Gasteiger partial charge is 0.494 e. The number of nitrogens with one attached hydrogen (secondary N) is 3. The number of amides is 2. The molecule has 1 aliphatic heterocycles. The first-order valence-electron chi connectivity index (χ1n) is 12.7. The maximum atomic E-state index is 13.1. The molecule has 36 heavy (non-hydrogen) atoms. The van der Waals surface area contributed by atoms with Crippen molar-refractivity contribution < 1.29 is 24.2 Å². The Hall–Kier alpha value is -3.39. The summed E-state index contributed by atoms with van der Waals surface area (Å²) in [5.41, 5.74) is 2.87. The Labute approximate surface area is 212 Å². The van der Waals surface area contributed by atoms with Gasteiger partial charge in [0.1, 0.15) is 11.8 Å². The molecule has 194 valence electrons. The van der Waals surface area contributed by atoms with E-state index >= 15 is 0 Å². The second kappa shape index (κ2) is 14.2. The average Bonchev–Trinajstić information content (AvgIpc) is 2.88.